The Balaban J connectivity index is 1.86. The smallest absolute Gasteiger partial charge is 0.246 e. The van der Waals surface area contributed by atoms with Gasteiger partial charge in [0.25, 0.3) is 0 Å². The normalized spacial score (nSPS) is 23.1. The van der Waals surface area contributed by atoms with Crippen LogP contribution >= 0.6 is 0 Å². The highest BCUT2D eigenvalue weighted by atomic mass is 32.2. The predicted molar refractivity (Wildman–Crippen MR) is 82.6 cm³/mol. The summed E-state index contributed by atoms with van der Waals surface area (Å²) in [5, 5.41) is 0. The predicted octanol–water partition coefficient (Wildman–Crippen LogP) is 1.74. The van der Waals surface area contributed by atoms with Crippen molar-refractivity contribution in [3.8, 4) is 0 Å². The summed E-state index contributed by atoms with van der Waals surface area (Å²) in [4.78, 5) is 1.27. The first kappa shape index (κ1) is 18.3. The highest BCUT2D eigenvalue weighted by Gasteiger charge is 2.24. The quantitative estimate of drug-likeness (QED) is 0.796. The van der Waals surface area contributed by atoms with Crippen molar-refractivity contribution < 1.29 is 21.9 Å². The molecule has 2 atom stereocenters. The third-order valence-electron chi connectivity index (χ3n) is 3.63. The van der Waals surface area contributed by atoms with Gasteiger partial charge in [0.2, 0.25) is 10.0 Å². The molecule has 1 aliphatic rings. The number of halogens is 2. The van der Waals surface area contributed by atoms with Gasteiger partial charge in [-0.3, -0.25) is 4.90 Å². The van der Waals surface area contributed by atoms with E-state index in [0.717, 1.165) is 31.3 Å². The molecule has 5 nitrogen and oxygen atoms in total. The van der Waals surface area contributed by atoms with Crippen molar-refractivity contribution in [3.63, 3.8) is 0 Å². The first-order chi connectivity index (χ1) is 10.8. The summed E-state index contributed by atoms with van der Waals surface area (Å²) in [7, 11) is -4.19. The van der Waals surface area contributed by atoms with E-state index >= 15 is 0 Å². The Morgan fingerprint density at radius 2 is 1.78 bits per heavy atom. The van der Waals surface area contributed by atoms with E-state index in [2.05, 4.69) is 9.62 Å². The van der Waals surface area contributed by atoms with E-state index in [1.807, 2.05) is 13.8 Å². The second-order valence-electron chi connectivity index (χ2n) is 5.82. The lowest BCUT2D eigenvalue weighted by Gasteiger charge is -2.35. The van der Waals surface area contributed by atoms with Crippen LogP contribution < -0.4 is 4.72 Å². The minimum atomic E-state index is -4.19. The van der Waals surface area contributed by atoms with E-state index in [1.54, 1.807) is 0 Å². The van der Waals surface area contributed by atoms with E-state index in [1.165, 1.54) is 0 Å². The third kappa shape index (κ3) is 4.94. The lowest BCUT2D eigenvalue weighted by atomic mass is 10.2. The maximum absolute atomic E-state index is 13.6. The van der Waals surface area contributed by atoms with Gasteiger partial charge in [0.15, 0.2) is 4.90 Å². The van der Waals surface area contributed by atoms with Crippen LogP contribution in [0.4, 0.5) is 8.78 Å². The van der Waals surface area contributed by atoms with Gasteiger partial charge in [-0.1, -0.05) is 6.07 Å². The van der Waals surface area contributed by atoms with Crippen LogP contribution in [0.15, 0.2) is 23.1 Å². The van der Waals surface area contributed by atoms with Crippen molar-refractivity contribution in [2.45, 2.75) is 37.4 Å². The molecule has 1 N–H and O–H groups in total. The fourth-order valence-corrected chi connectivity index (χ4v) is 3.99. The molecular weight excluding hydrogens is 326 g/mol. The molecule has 1 aromatic rings. The molecule has 0 spiro atoms. The van der Waals surface area contributed by atoms with E-state index in [0.29, 0.717) is 13.0 Å². The molecule has 1 aromatic carbocycles. The van der Waals surface area contributed by atoms with Gasteiger partial charge < -0.3 is 4.74 Å². The van der Waals surface area contributed by atoms with Crippen LogP contribution in [-0.2, 0) is 14.8 Å². The van der Waals surface area contributed by atoms with Gasteiger partial charge in [-0.05, 0) is 38.9 Å². The zero-order chi connectivity index (χ0) is 17.0. The summed E-state index contributed by atoms with van der Waals surface area (Å²) in [5.41, 5.74) is 0. The Bertz CT molecular complexity index is 609. The largest absolute Gasteiger partial charge is 0.373 e. The van der Waals surface area contributed by atoms with Crippen LogP contribution in [0.25, 0.3) is 0 Å². The zero-order valence-corrected chi connectivity index (χ0v) is 14.1. The molecule has 0 aromatic heterocycles. The molecule has 2 unspecified atom stereocenters. The summed E-state index contributed by atoms with van der Waals surface area (Å²) in [5.74, 6) is -2.18. The zero-order valence-electron chi connectivity index (χ0n) is 13.3. The van der Waals surface area contributed by atoms with Crippen molar-refractivity contribution in [2.75, 3.05) is 26.2 Å². The second-order valence-corrected chi connectivity index (χ2v) is 7.52. The standard InChI is InChI=1S/C15H22F2N2O3S/c1-11-9-19(10-12(2)22-11)8-4-7-18-23(20,21)15-13(16)5-3-6-14(15)17/h3,5-6,11-12,18H,4,7-10H2,1-2H3. The molecule has 0 amide bonds. The number of nitrogens with one attached hydrogen (secondary N) is 1. The molecule has 1 heterocycles. The van der Waals surface area contributed by atoms with Gasteiger partial charge in [-0.25, -0.2) is 21.9 Å². The Morgan fingerprint density at radius 1 is 1.22 bits per heavy atom. The summed E-state index contributed by atoms with van der Waals surface area (Å²) in [6.07, 6.45) is 0.834. The van der Waals surface area contributed by atoms with Crippen LogP contribution in [0, 0.1) is 11.6 Å². The fraction of sp³-hybridized carbons (Fsp3) is 0.600. The Labute approximate surface area is 135 Å². The van der Waals surface area contributed by atoms with Crippen LogP contribution in [0.2, 0.25) is 0 Å². The van der Waals surface area contributed by atoms with Crippen molar-refractivity contribution in [2.24, 2.45) is 0 Å². The molecule has 130 valence electrons. The van der Waals surface area contributed by atoms with Crippen LogP contribution in [-0.4, -0.2) is 51.7 Å². The first-order valence-electron chi connectivity index (χ1n) is 7.61. The molecule has 23 heavy (non-hydrogen) atoms. The Hall–Kier alpha value is -1.09. The molecular formula is C15H22F2N2O3S. The number of hydrogen-bond donors (Lipinski definition) is 1. The average Bonchev–Trinajstić information content (AvgIpc) is 2.42. The van der Waals surface area contributed by atoms with Gasteiger partial charge in [-0.2, -0.15) is 0 Å². The molecule has 0 radical (unpaired) electrons. The molecule has 1 aliphatic heterocycles. The number of benzene rings is 1. The number of rotatable bonds is 6. The van der Waals surface area contributed by atoms with Crippen LogP contribution in [0.5, 0.6) is 0 Å². The average molecular weight is 348 g/mol. The molecule has 1 fully saturated rings. The van der Waals surface area contributed by atoms with Gasteiger partial charge in [0.1, 0.15) is 11.6 Å². The van der Waals surface area contributed by atoms with Crippen molar-refractivity contribution >= 4 is 10.0 Å². The van der Waals surface area contributed by atoms with Crippen molar-refractivity contribution in [1.82, 2.24) is 9.62 Å². The number of sulfonamides is 1. The van der Waals surface area contributed by atoms with Gasteiger partial charge in [-0.15, -0.1) is 0 Å². The highest BCUT2D eigenvalue weighted by Crippen LogP contribution is 2.18. The van der Waals surface area contributed by atoms with Gasteiger partial charge in [0.05, 0.1) is 12.2 Å². The molecule has 2 rings (SSSR count). The van der Waals surface area contributed by atoms with Crippen LogP contribution in [0.1, 0.15) is 20.3 Å². The number of ether oxygens (including phenoxy) is 1. The highest BCUT2D eigenvalue weighted by molar-refractivity contribution is 7.89. The van der Waals surface area contributed by atoms with E-state index in [-0.39, 0.29) is 18.8 Å². The fourth-order valence-electron chi connectivity index (χ4n) is 2.79. The lowest BCUT2D eigenvalue weighted by Crippen LogP contribution is -2.46. The minimum absolute atomic E-state index is 0.121. The molecule has 0 saturated carbocycles. The summed E-state index contributed by atoms with van der Waals surface area (Å²) in [6.45, 7) is 6.38. The lowest BCUT2D eigenvalue weighted by molar-refractivity contribution is -0.0679. The first-order valence-corrected chi connectivity index (χ1v) is 9.09. The Morgan fingerprint density at radius 3 is 2.35 bits per heavy atom. The molecule has 0 bridgehead atoms. The molecule has 0 aliphatic carbocycles. The maximum Gasteiger partial charge on any atom is 0.246 e. The van der Waals surface area contributed by atoms with Gasteiger partial charge in [0, 0.05) is 19.6 Å². The van der Waals surface area contributed by atoms with Crippen molar-refractivity contribution in [3.05, 3.63) is 29.8 Å². The van der Waals surface area contributed by atoms with E-state index < -0.39 is 26.6 Å². The van der Waals surface area contributed by atoms with E-state index in [4.69, 9.17) is 4.74 Å². The number of nitrogens with zero attached hydrogens (tertiary/aromatic N) is 1. The number of morpholine rings is 1. The molecule has 1 saturated heterocycles. The summed E-state index contributed by atoms with van der Waals surface area (Å²) >= 11 is 0. The topological polar surface area (TPSA) is 58.6 Å². The van der Waals surface area contributed by atoms with Crippen LogP contribution in [0.3, 0.4) is 0 Å². The van der Waals surface area contributed by atoms with E-state index in [9.17, 15) is 17.2 Å². The van der Waals surface area contributed by atoms with Crippen molar-refractivity contribution in [1.29, 1.82) is 0 Å². The minimum Gasteiger partial charge on any atom is -0.373 e. The SMILES string of the molecule is CC1CN(CCCNS(=O)(=O)c2c(F)cccc2F)CC(C)O1. The summed E-state index contributed by atoms with van der Waals surface area (Å²) in [6, 6.07) is 2.98. The maximum atomic E-state index is 13.6. The van der Waals surface area contributed by atoms with Gasteiger partial charge >= 0.3 is 0 Å². The number of hydrogen-bond acceptors (Lipinski definition) is 4. The second kappa shape index (κ2) is 7.65. The summed E-state index contributed by atoms with van der Waals surface area (Å²) < 4.78 is 59.0. The Kier molecular flexibility index (Phi) is 6.07. The molecule has 8 heteroatoms. The third-order valence-corrected chi connectivity index (χ3v) is 5.14. The monoisotopic (exact) mass is 348 g/mol.